The fourth-order valence-corrected chi connectivity index (χ4v) is 2.70. The van der Waals surface area contributed by atoms with Crippen LogP contribution in [0.1, 0.15) is 39.2 Å². The van der Waals surface area contributed by atoms with Crippen LogP contribution in [0.2, 0.25) is 0 Å². The summed E-state index contributed by atoms with van der Waals surface area (Å²) in [5, 5.41) is 0. The molecule has 1 aliphatic heterocycles. The minimum atomic E-state index is 0.145. The highest BCUT2D eigenvalue weighted by Crippen LogP contribution is 2.27. The van der Waals surface area contributed by atoms with Gasteiger partial charge in [-0.25, -0.2) is 0 Å². The summed E-state index contributed by atoms with van der Waals surface area (Å²) >= 11 is 0. The summed E-state index contributed by atoms with van der Waals surface area (Å²) in [6, 6.07) is 1.92. The van der Waals surface area contributed by atoms with Gasteiger partial charge in [-0.15, -0.1) is 0 Å². The Balaban J connectivity index is 1.79. The highest BCUT2D eigenvalue weighted by Gasteiger charge is 2.24. The predicted octanol–water partition coefficient (Wildman–Crippen LogP) is 2.81. The number of pyridine rings is 1. The van der Waals surface area contributed by atoms with Gasteiger partial charge in [0, 0.05) is 24.6 Å². The van der Waals surface area contributed by atoms with E-state index in [1.54, 1.807) is 6.20 Å². The van der Waals surface area contributed by atoms with Crippen molar-refractivity contribution in [3.05, 3.63) is 24.0 Å². The molecular weight excluding hydrogens is 252 g/mol. The van der Waals surface area contributed by atoms with E-state index in [0.29, 0.717) is 18.9 Å². The Kier molecular flexibility index (Phi) is 5.12. The van der Waals surface area contributed by atoms with Gasteiger partial charge in [-0.1, -0.05) is 13.8 Å². The maximum absolute atomic E-state index is 12.2. The molecule has 20 heavy (non-hydrogen) atoms. The van der Waals surface area contributed by atoms with Gasteiger partial charge in [0.25, 0.3) is 0 Å². The van der Waals surface area contributed by atoms with Crippen LogP contribution in [0.15, 0.2) is 18.5 Å². The van der Waals surface area contributed by atoms with E-state index in [1.807, 2.05) is 17.2 Å². The minimum Gasteiger partial charge on any atom is -0.378 e. The van der Waals surface area contributed by atoms with Crippen molar-refractivity contribution >= 4 is 11.6 Å². The smallest absolute Gasteiger partial charge is 0.229 e. The van der Waals surface area contributed by atoms with Crippen molar-refractivity contribution < 1.29 is 9.53 Å². The molecule has 0 radical (unpaired) electrons. The summed E-state index contributed by atoms with van der Waals surface area (Å²) in [6.45, 7) is 7.70. The molecule has 0 N–H and O–H groups in total. The molecule has 0 aromatic carbocycles. The predicted molar refractivity (Wildman–Crippen MR) is 79.8 cm³/mol. The molecule has 1 aliphatic rings. The first-order valence-electron chi connectivity index (χ1n) is 7.42. The summed E-state index contributed by atoms with van der Waals surface area (Å²) in [7, 11) is 0. The molecule has 0 fully saturated rings. The van der Waals surface area contributed by atoms with Crippen molar-refractivity contribution in [3.8, 4) is 0 Å². The first kappa shape index (κ1) is 15.0. The van der Waals surface area contributed by atoms with E-state index in [1.165, 1.54) is 0 Å². The molecule has 0 aliphatic carbocycles. The number of amides is 1. The second-order valence-corrected chi connectivity index (χ2v) is 5.86. The molecular formula is C16H24N2O2. The Morgan fingerprint density at radius 3 is 3.00 bits per heavy atom. The number of carbonyl (C=O) groups is 1. The van der Waals surface area contributed by atoms with E-state index in [2.05, 4.69) is 25.8 Å². The number of anilines is 1. The summed E-state index contributed by atoms with van der Waals surface area (Å²) in [4.78, 5) is 18.2. The highest BCUT2D eigenvalue weighted by molar-refractivity contribution is 5.95. The lowest BCUT2D eigenvalue weighted by molar-refractivity contribution is -0.120. The van der Waals surface area contributed by atoms with Gasteiger partial charge in [0.2, 0.25) is 5.91 Å². The largest absolute Gasteiger partial charge is 0.378 e. The number of ether oxygens (including phenoxy) is 1. The SMILES string of the molecule is CC(C)C[C@H](C)OCCC(=O)N1CCc2cnccc21. The van der Waals surface area contributed by atoms with Crippen molar-refractivity contribution in [2.75, 3.05) is 18.1 Å². The average Bonchev–Trinajstić information content (AvgIpc) is 2.81. The molecule has 0 saturated heterocycles. The molecule has 1 amide bonds. The van der Waals surface area contributed by atoms with E-state index in [-0.39, 0.29) is 12.0 Å². The van der Waals surface area contributed by atoms with Crippen LogP contribution in [0.5, 0.6) is 0 Å². The third-order valence-electron chi connectivity index (χ3n) is 3.60. The van der Waals surface area contributed by atoms with Crippen molar-refractivity contribution in [3.63, 3.8) is 0 Å². The molecule has 2 rings (SSSR count). The fourth-order valence-electron chi connectivity index (χ4n) is 2.70. The summed E-state index contributed by atoms with van der Waals surface area (Å²) in [5.74, 6) is 0.769. The van der Waals surface area contributed by atoms with Crippen LogP contribution in [0.3, 0.4) is 0 Å². The molecule has 1 aromatic rings. The Labute approximate surface area is 121 Å². The third-order valence-corrected chi connectivity index (χ3v) is 3.60. The molecule has 2 heterocycles. The zero-order valence-corrected chi connectivity index (χ0v) is 12.6. The lowest BCUT2D eigenvalue weighted by atomic mass is 10.1. The van der Waals surface area contributed by atoms with Gasteiger partial charge in [0.1, 0.15) is 0 Å². The normalized spacial score (nSPS) is 15.5. The Hall–Kier alpha value is -1.42. The summed E-state index contributed by atoms with van der Waals surface area (Å²) in [6.07, 6.45) is 6.20. The highest BCUT2D eigenvalue weighted by atomic mass is 16.5. The van der Waals surface area contributed by atoms with Crippen LogP contribution < -0.4 is 4.90 Å². The van der Waals surface area contributed by atoms with Crippen LogP contribution in [-0.2, 0) is 16.0 Å². The topological polar surface area (TPSA) is 42.4 Å². The minimum absolute atomic E-state index is 0.145. The van der Waals surface area contributed by atoms with Crippen molar-refractivity contribution in [2.24, 2.45) is 5.92 Å². The van der Waals surface area contributed by atoms with Gasteiger partial charge < -0.3 is 9.64 Å². The molecule has 0 unspecified atom stereocenters. The summed E-state index contributed by atoms with van der Waals surface area (Å²) in [5.41, 5.74) is 2.18. The molecule has 0 spiro atoms. The number of nitrogens with zero attached hydrogens (tertiary/aromatic N) is 2. The van der Waals surface area contributed by atoms with E-state index < -0.39 is 0 Å². The first-order valence-corrected chi connectivity index (χ1v) is 7.42. The lowest BCUT2D eigenvalue weighted by Gasteiger charge is -2.19. The second kappa shape index (κ2) is 6.84. The maximum Gasteiger partial charge on any atom is 0.229 e. The van der Waals surface area contributed by atoms with Gasteiger partial charge in [0.15, 0.2) is 0 Å². The quantitative estimate of drug-likeness (QED) is 0.802. The molecule has 0 saturated carbocycles. The maximum atomic E-state index is 12.2. The van der Waals surface area contributed by atoms with Crippen LogP contribution in [0, 0.1) is 5.92 Å². The van der Waals surface area contributed by atoms with Gasteiger partial charge in [-0.3, -0.25) is 9.78 Å². The van der Waals surface area contributed by atoms with Crippen molar-refractivity contribution in [1.82, 2.24) is 4.98 Å². The van der Waals surface area contributed by atoms with Crippen LogP contribution in [0.4, 0.5) is 5.69 Å². The Morgan fingerprint density at radius 2 is 2.25 bits per heavy atom. The van der Waals surface area contributed by atoms with Gasteiger partial charge >= 0.3 is 0 Å². The van der Waals surface area contributed by atoms with Gasteiger partial charge in [-0.05, 0) is 37.3 Å². The zero-order valence-electron chi connectivity index (χ0n) is 12.6. The Bertz CT molecular complexity index is 460. The fraction of sp³-hybridized carbons (Fsp3) is 0.625. The van der Waals surface area contributed by atoms with Crippen molar-refractivity contribution in [1.29, 1.82) is 0 Å². The van der Waals surface area contributed by atoms with Gasteiger partial charge in [-0.2, -0.15) is 0 Å². The van der Waals surface area contributed by atoms with E-state index in [0.717, 1.165) is 30.6 Å². The summed E-state index contributed by atoms with van der Waals surface area (Å²) < 4.78 is 5.71. The molecule has 4 nitrogen and oxygen atoms in total. The van der Waals surface area contributed by atoms with Crippen LogP contribution in [0.25, 0.3) is 0 Å². The van der Waals surface area contributed by atoms with E-state index in [4.69, 9.17) is 4.74 Å². The van der Waals surface area contributed by atoms with Crippen molar-refractivity contribution in [2.45, 2.75) is 46.1 Å². The number of hydrogen-bond donors (Lipinski definition) is 0. The van der Waals surface area contributed by atoms with Gasteiger partial charge in [0.05, 0.1) is 19.1 Å². The van der Waals surface area contributed by atoms with Crippen LogP contribution in [-0.4, -0.2) is 30.1 Å². The molecule has 0 bridgehead atoms. The first-order chi connectivity index (χ1) is 9.58. The third kappa shape index (κ3) is 3.79. The molecule has 110 valence electrons. The molecule has 1 atom stereocenters. The number of fused-ring (bicyclic) bond motifs is 1. The van der Waals surface area contributed by atoms with E-state index in [9.17, 15) is 4.79 Å². The standard InChI is InChI=1S/C16H24N2O2/c1-12(2)10-13(3)20-9-6-16(19)18-8-5-14-11-17-7-4-15(14)18/h4,7,11-13H,5-6,8-10H2,1-3H3/t13-/m0/s1. The second-order valence-electron chi connectivity index (χ2n) is 5.86. The van der Waals surface area contributed by atoms with Crippen LogP contribution >= 0.6 is 0 Å². The number of hydrogen-bond acceptors (Lipinski definition) is 3. The zero-order chi connectivity index (χ0) is 14.5. The van der Waals surface area contributed by atoms with E-state index >= 15 is 0 Å². The molecule has 4 heteroatoms. The number of aromatic nitrogens is 1. The monoisotopic (exact) mass is 276 g/mol. The Morgan fingerprint density at radius 1 is 1.45 bits per heavy atom. The number of carbonyl (C=O) groups excluding carboxylic acids is 1. The number of rotatable bonds is 6. The lowest BCUT2D eigenvalue weighted by Crippen LogP contribution is -2.30. The molecule has 1 aromatic heterocycles. The average molecular weight is 276 g/mol.